The number of ether oxygens (including phenoxy) is 4. The van der Waals surface area contributed by atoms with E-state index in [1.165, 1.54) is 40.2 Å². The van der Waals surface area contributed by atoms with Gasteiger partial charge in [0, 0.05) is 77.5 Å². The van der Waals surface area contributed by atoms with Crippen LogP contribution in [0.15, 0.2) is 66.7 Å². The Morgan fingerprint density at radius 3 is 2.00 bits per heavy atom. The van der Waals surface area contributed by atoms with Crippen LogP contribution in [0.5, 0.6) is 0 Å². The number of carbonyl (C=O) groups is 11. The minimum atomic E-state index is -1.59. The Kier molecular flexibility index (Phi) is 32.0. The third-order valence-corrected chi connectivity index (χ3v) is 17.7. The van der Waals surface area contributed by atoms with Gasteiger partial charge in [-0.25, -0.2) is 14.4 Å². The number of unbranched alkanes of at least 4 members (excludes halogenated alkanes) is 2. The number of carbonyl (C=O) groups excluding carboxylic acids is 11. The van der Waals surface area contributed by atoms with Crippen molar-refractivity contribution in [2.24, 2.45) is 29.4 Å². The Hall–Kier alpha value is -8.04. The molecule has 2 heterocycles. The zero-order valence-corrected chi connectivity index (χ0v) is 57.7. The van der Waals surface area contributed by atoms with Gasteiger partial charge in [-0.2, -0.15) is 0 Å². The van der Waals surface area contributed by atoms with Crippen molar-refractivity contribution in [3.63, 3.8) is 0 Å². The number of imide groups is 1. The van der Waals surface area contributed by atoms with Crippen LogP contribution in [0.3, 0.4) is 0 Å². The first kappa shape index (κ1) is 78.4. The fraction of sp³-hybridized carbons (Fsp3) is 0.612. The molecule has 0 saturated carbocycles. The van der Waals surface area contributed by atoms with Crippen LogP contribution in [-0.4, -0.2) is 187 Å². The number of anilines is 1. The van der Waals surface area contributed by atoms with Gasteiger partial charge in [0.15, 0.2) is 0 Å². The van der Waals surface area contributed by atoms with E-state index in [2.05, 4.69) is 37.2 Å². The molecule has 2 aromatic rings. The molecule has 2 aliphatic rings. The van der Waals surface area contributed by atoms with Crippen LogP contribution in [0.2, 0.25) is 0 Å². The molecule has 26 nitrogen and oxygen atoms in total. The summed E-state index contributed by atoms with van der Waals surface area (Å²) in [7, 11) is 6.04. The quantitative estimate of drug-likeness (QED) is 0.0191. The molecule has 11 amide bonds. The predicted molar refractivity (Wildman–Crippen MR) is 357 cm³/mol. The Balaban J connectivity index is 1.35. The van der Waals surface area contributed by atoms with E-state index in [0.717, 1.165) is 10.5 Å². The second-order valence-corrected chi connectivity index (χ2v) is 25.8. The zero-order valence-electron chi connectivity index (χ0n) is 56.8. The fourth-order valence-electron chi connectivity index (χ4n) is 11.5. The molecular formula is C67H101N11O15S. The van der Waals surface area contributed by atoms with Crippen molar-refractivity contribution in [1.29, 1.82) is 0 Å². The van der Waals surface area contributed by atoms with Gasteiger partial charge in [-0.05, 0) is 93.4 Å². The van der Waals surface area contributed by atoms with Gasteiger partial charge < -0.3 is 71.7 Å². The summed E-state index contributed by atoms with van der Waals surface area (Å²) in [5, 5.41) is 19.4. The van der Waals surface area contributed by atoms with Crippen molar-refractivity contribution < 1.29 is 71.7 Å². The number of rotatable bonds is 38. The highest BCUT2D eigenvalue weighted by atomic mass is 32.1. The average molecular weight is 1330 g/mol. The number of primary amides is 1. The van der Waals surface area contributed by atoms with E-state index in [0.29, 0.717) is 67.7 Å². The van der Waals surface area contributed by atoms with Crippen LogP contribution in [0.25, 0.3) is 0 Å². The minimum absolute atomic E-state index is 0.0702. The molecule has 2 aromatic carbocycles. The summed E-state index contributed by atoms with van der Waals surface area (Å²) in [6, 6.07) is 10.2. The number of thiocarbonyl (C=S) groups is 1. The number of nitrogens with two attached hydrogens (primary N) is 1. The standard InChI is InChI=1S/C67H101N11O15S/c1-14-42(6)57(50(90-11)38-54(82)77-36-22-26-49(77)58(91-12)43(7)61(94)72-48(63(86)92-13)37-44-23-17-15-18-24-44)76(10)62(85)56(41(4)5)74-64(87)67(8,9)75-66(89)93-39-45-28-30-46(31-29-45)70-59(83)47(25-21-34-69-65(68)88)71-60(84)55(40(2)3)73-51(79)27-19-16-20-35-78-52(80)32-33-53(78)81/h15,17-18,23-24,28-33,40-43,47-50,55-58H,14,16,19-22,25-27,34-39H2,1-13H3,(H,70,83)(H,71,84)(H,72,94)(H,73,79)(H,74,87)(H,75,89)(H3,68,69,88). The first-order valence-electron chi connectivity index (χ1n) is 32.3. The largest absolute Gasteiger partial charge is 0.467 e. The summed E-state index contributed by atoms with van der Waals surface area (Å²) < 4.78 is 22.8. The van der Waals surface area contributed by atoms with Crippen molar-refractivity contribution in [3.8, 4) is 0 Å². The molecule has 0 radical (unpaired) electrons. The van der Waals surface area contributed by atoms with Crippen molar-refractivity contribution in [1.82, 2.24) is 46.6 Å². The number of urea groups is 1. The number of nitrogens with zero attached hydrogens (tertiary/aromatic N) is 3. The topological polar surface area (TPSA) is 345 Å². The lowest BCUT2D eigenvalue weighted by atomic mass is 9.89. The predicted octanol–water partition coefficient (Wildman–Crippen LogP) is 4.95. The van der Waals surface area contributed by atoms with Gasteiger partial charge in [0.05, 0.1) is 42.8 Å². The monoisotopic (exact) mass is 1330 g/mol. The van der Waals surface area contributed by atoms with Crippen LogP contribution in [0.1, 0.15) is 138 Å². The molecule has 10 unspecified atom stereocenters. The van der Waals surface area contributed by atoms with Crippen LogP contribution < -0.4 is 43.0 Å². The second-order valence-electron chi connectivity index (χ2n) is 25.3. The Morgan fingerprint density at radius 2 is 1.41 bits per heavy atom. The maximum atomic E-state index is 14.7. The van der Waals surface area contributed by atoms with Crippen LogP contribution in [0.4, 0.5) is 15.3 Å². The summed E-state index contributed by atoms with van der Waals surface area (Å²) in [5.41, 5.74) is 5.40. The second kappa shape index (κ2) is 38.4. The van der Waals surface area contributed by atoms with Crippen LogP contribution >= 0.6 is 12.2 Å². The van der Waals surface area contributed by atoms with Crippen molar-refractivity contribution in [2.45, 2.75) is 194 Å². The molecule has 0 bridgehead atoms. The lowest BCUT2D eigenvalue weighted by Gasteiger charge is -2.41. The number of methoxy groups -OCH3 is 3. The van der Waals surface area contributed by atoms with Crippen LogP contribution in [0, 0.1) is 23.7 Å². The molecule has 9 N–H and O–H groups in total. The van der Waals surface area contributed by atoms with E-state index in [1.54, 1.807) is 75.9 Å². The third-order valence-electron chi connectivity index (χ3n) is 17.2. The number of amides is 11. The molecule has 4 rings (SSSR count). The van der Waals surface area contributed by atoms with Gasteiger partial charge in [-0.15, -0.1) is 0 Å². The lowest BCUT2D eigenvalue weighted by molar-refractivity contribution is -0.147. The molecule has 0 aliphatic carbocycles. The Labute approximate surface area is 558 Å². The van der Waals surface area contributed by atoms with E-state index in [-0.39, 0.29) is 81.0 Å². The normalized spacial score (nSPS) is 16.7. The molecule has 0 aromatic heterocycles. The smallest absolute Gasteiger partial charge is 0.408 e. The van der Waals surface area contributed by atoms with E-state index >= 15 is 0 Å². The summed E-state index contributed by atoms with van der Waals surface area (Å²) in [5.74, 6) is -5.49. The van der Waals surface area contributed by atoms with Crippen LogP contribution in [-0.2, 0) is 75.1 Å². The summed E-state index contributed by atoms with van der Waals surface area (Å²) >= 11 is 5.89. The highest BCUT2D eigenvalue weighted by molar-refractivity contribution is 7.80. The molecule has 0 spiro atoms. The fourth-order valence-corrected chi connectivity index (χ4v) is 11.7. The number of likely N-dealkylation sites (tertiary alicyclic amines) is 1. The molecular weight excluding hydrogens is 1230 g/mol. The molecule has 27 heteroatoms. The molecule has 10 atom stereocenters. The van der Waals surface area contributed by atoms with Crippen molar-refractivity contribution in [2.75, 3.05) is 53.3 Å². The van der Waals surface area contributed by atoms with Gasteiger partial charge >= 0.3 is 18.1 Å². The van der Waals surface area contributed by atoms with E-state index in [4.69, 9.17) is 36.9 Å². The van der Waals surface area contributed by atoms with Gasteiger partial charge in [0.2, 0.25) is 35.4 Å². The first-order valence-corrected chi connectivity index (χ1v) is 32.8. The minimum Gasteiger partial charge on any atom is -0.467 e. The molecule has 1 fully saturated rings. The molecule has 520 valence electrons. The van der Waals surface area contributed by atoms with Crippen molar-refractivity contribution >= 4 is 88.2 Å². The van der Waals surface area contributed by atoms with E-state index in [9.17, 15) is 52.7 Å². The number of hydrogen-bond acceptors (Lipinski definition) is 16. The highest BCUT2D eigenvalue weighted by Crippen LogP contribution is 2.30. The van der Waals surface area contributed by atoms with E-state index < -0.39 is 107 Å². The summed E-state index contributed by atoms with van der Waals surface area (Å²) in [4.78, 5) is 150. The molecule has 1 saturated heterocycles. The number of benzene rings is 2. The SMILES string of the molecule is CCC(C)C(C(CC(=O)N1CCCC1C(OC)C(C)C(=S)NC(Cc1ccccc1)C(=O)OC)OC)N(C)C(=O)C(NC(=O)C(C)(C)NC(=O)OCc1ccc(NC(=O)C(CCCNC(N)=O)NC(=O)C(NC(=O)CCCCCN2C(=O)C=CC2=O)C(C)C)cc1)C(C)C. The summed E-state index contributed by atoms with van der Waals surface area (Å²) in [6.45, 7) is 16.4. The third kappa shape index (κ3) is 23.8. The van der Waals surface area contributed by atoms with Crippen molar-refractivity contribution in [3.05, 3.63) is 77.9 Å². The van der Waals surface area contributed by atoms with Gasteiger partial charge in [-0.1, -0.05) is 116 Å². The molecule has 94 heavy (non-hydrogen) atoms. The lowest BCUT2D eigenvalue weighted by Crippen LogP contribution is -2.62. The molecule has 2 aliphatic heterocycles. The average Bonchev–Trinajstić information content (AvgIpc) is 1.31. The number of alkyl carbamates (subject to hydrolysis) is 1. The number of hydrogen-bond donors (Lipinski definition) is 8. The first-order chi connectivity index (χ1) is 44.5. The zero-order chi connectivity index (χ0) is 70.0. The number of likely N-dealkylation sites (N-methyl/N-ethyl adjacent to an activating group) is 1. The Bertz CT molecular complexity index is 2930. The maximum absolute atomic E-state index is 14.7. The highest BCUT2D eigenvalue weighted by Gasteiger charge is 2.44. The number of esters is 1. The number of nitrogens with one attached hydrogen (secondary N) is 7. The van der Waals surface area contributed by atoms with E-state index in [1.807, 2.05) is 51.1 Å². The maximum Gasteiger partial charge on any atom is 0.408 e. The summed E-state index contributed by atoms with van der Waals surface area (Å²) in [6.07, 6.45) is 4.38. The van der Waals surface area contributed by atoms with Gasteiger partial charge in [-0.3, -0.25) is 43.3 Å². The Morgan fingerprint density at radius 1 is 0.766 bits per heavy atom. The van der Waals surface area contributed by atoms with Gasteiger partial charge in [0.1, 0.15) is 36.3 Å². The van der Waals surface area contributed by atoms with Gasteiger partial charge in [0.25, 0.3) is 11.8 Å².